The van der Waals surface area contributed by atoms with Gasteiger partial charge in [-0.1, -0.05) is 61.6 Å². The van der Waals surface area contributed by atoms with Crippen molar-refractivity contribution >= 4 is 5.97 Å². The van der Waals surface area contributed by atoms with Crippen molar-refractivity contribution in [2.24, 2.45) is 0 Å². The minimum Gasteiger partial charge on any atom is -0.478 e. The fraction of sp³-hybridized carbons (Fsp3) is 0.500. The van der Waals surface area contributed by atoms with Crippen LogP contribution in [0, 0.1) is 0 Å². The topological polar surface area (TPSA) is 37.3 Å². The van der Waals surface area contributed by atoms with Crippen molar-refractivity contribution in [2.75, 3.05) is 0 Å². The molecular formula is C22H34O2. The molecule has 2 heteroatoms. The van der Waals surface area contributed by atoms with Crippen molar-refractivity contribution < 1.29 is 9.90 Å². The van der Waals surface area contributed by atoms with Gasteiger partial charge in [-0.2, -0.15) is 0 Å². The quantitative estimate of drug-likeness (QED) is 0.204. The molecule has 0 saturated carbocycles. The van der Waals surface area contributed by atoms with Crippen LogP contribution in [0.25, 0.3) is 0 Å². The maximum Gasteiger partial charge on any atom is 0.327 e. The molecule has 0 aromatic carbocycles. The van der Waals surface area contributed by atoms with Crippen LogP contribution in [0.2, 0.25) is 0 Å². The molecule has 0 unspecified atom stereocenters. The summed E-state index contributed by atoms with van der Waals surface area (Å²) in [5, 5.41) is 8.45. The molecule has 0 rings (SSSR count). The molecule has 0 aliphatic rings. The Hall–Kier alpha value is -1.83. The van der Waals surface area contributed by atoms with Crippen LogP contribution in [0.5, 0.6) is 0 Å². The molecule has 0 saturated heterocycles. The van der Waals surface area contributed by atoms with Gasteiger partial charge in [-0.25, -0.2) is 4.79 Å². The van der Waals surface area contributed by atoms with Crippen LogP contribution in [-0.2, 0) is 4.79 Å². The summed E-state index contributed by atoms with van der Waals surface area (Å²) in [6.07, 6.45) is 31.7. The van der Waals surface area contributed by atoms with Gasteiger partial charge in [0.05, 0.1) is 0 Å². The molecule has 0 atom stereocenters. The Balaban J connectivity index is 3.34. The van der Waals surface area contributed by atoms with Gasteiger partial charge in [-0.05, 0) is 64.2 Å². The number of unbranched alkanes of at least 4 members (excludes halogenated alkanes) is 5. The molecule has 0 aliphatic heterocycles. The Morgan fingerprint density at radius 3 is 1.71 bits per heavy atom. The first-order valence-electron chi connectivity index (χ1n) is 9.26. The summed E-state index contributed by atoms with van der Waals surface area (Å²) in [6, 6.07) is 0. The molecule has 0 fully saturated rings. The van der Waals surface area contributed by atoms with E-state index in [0.717, 1.165) is 51.4 Å². The first-order chi connectivity index (χ1) is 11.8. The van der Waals surface area contributed by atoms with E-state index in [2.05, 4.69) is 55.5 Å². The second-order valence-electron chi connectivity index (χ2n) is 5.72. The minimum atomic E-state index is -0.861. The largest absolute Gasteiger partial charge is 0.478 e. The average Bonchev–Trinajstić information content (AvgIpc) is 2.56. The highest BCUT2D eigenvalue weighted by atomic mass is 16.4. The summed E-state index contributed by atoms with van der Waals surface area (Å²) in [4.78, 5) is 10.3. The van der Waals surface area contributed by atoms with E-state index in [1.807, 2.05) is 0 Å². The van der Waals surface area contributed by atoms with E-state index in [0.29, 0.717) is 0 Å². The maximum atomic E-state index is 10.3. The highest BCUT2D eigenvalue weighted by Gasteiger charge is 1.86. The molecule has 0 aliphatic carbocycles. The molecular weight excluding hydrogens is 296 g/mol. The van der Waals surface area contributed by atoms with Gasteiger partial charge < -0.3 is 5.11 Å². The van der Waals surface area contributed by atoms with Crippen LogP contribution in [-0.4, -0.2) is 11.1 Å². The maximum absolute atomic E-state index is 10.3. The summed E-state index contributed by atoms with van der Waals surface area (Å²) in [5.74, 6) is -0.861. The zero-order valence-corrected chi connectivity index (χ0v) is 15.2. The zero-order valence-electron chi connectivity index (χ0n) is 15.2. The highest BCUT2D eigenvalue weighted by Crippen LogP contribution is 2.04. The summed E-state index contributed by atoms with van der Waals surface area (Å²) in [5.41, 5.74) is 0. The normalized spacial score (nSPS) is 12.7. The van der Waals surface area contributed by atoms with Crippen molar-refractivity contribution in [3.05, 3.63) is 60.8 Å². The Bertz CT molecular complexity index is 425. The third kappa shape index (κ3) is 20.2. The van der Waals surface area contributed by atoms with Crippen LogP contribution in [0.3, 0.4) is 0 Å². The molecule has 134 valence electrons. The molecule has 24 heavy (non-hydrogen) atoms. The number of carboxylic acids is 1. The predicted molar refractivity (Wildman–Crippen MR) is 105 cm³/mol. The first kappa shape index (κ1) is 22.2. The molecule has 0 spiro atoms. The van der Waals surface area contributed by atoms with Gasteiger partial charge in [0.15, 0.2) is 0 Å². The van der Waals surface area contributed by atoms with Gasteiger partial charge in [0, 0.05) is 6.08 Å². The number of hydrogen-bond acceptors (Lipinski definition) is 1. The number of hydrogen-bond donors (Lipinski definition) is 1. The van der Waals surface area contributed by atoms with E-state index in [-0.39, 0.29) is 0 Å². The number of aliphatic carboxylic acids is 1. The lowest BCUT2D eigenvalue weighted by molar-refractivity contribution is -0.131. The lowest BCUT2D eigenvalue weighted by Crippen LogP contribution is -1.85. The SMILES string of the molecule is CCC=CCC=CCC=CCCCCC=CCCCC=CC(=O)O. The van der Waals surface area contributed by atoms with Crippen LogP contribution in [0.1, 0.15) is 71.1 Å². The summed E-state index contributed by atoms with van der Waals surface area (Å²) < 4.78 is 0. The van der Waals surface area contributed by atoms with Crippen LogP contribution in [0.4, 0.5) is 0 Å². The van der Waals surface area contributed by atoms with Crippen LogP contribution in [0.15, 0.2) is 60.8 Å². The lowest BCUT2D eigenvalue weighted by Gasteiger charge is -1.94. The van der Waals surface area contributed by atoms with E-state index in [1.54, 1.807) is 6.08 Å². The van der Waals surface area contributed by atoms with Crippen LogP contribution >= 0.6 is 0 Å². The molecule has 0 heterocycles. The van der Waals surface area contributed by atoms with E-state index in [4.69, 9.17) is 5.11 Å². The lowest BCUT2D eigenvalue weighted by atomic mass is 10.1. The van der Waals surface area contributed by atoms with E-state index in [1.165, 1.54) is 18.9 Å². The molecule has 0 amide bonds. The molecule has 2 nitrogen and oxygen atoms in total. The average molecular weight is 331 g/mol. The Morgan fingerprint density at radius 2 is 1.12 bits per heavy atom. The van der Waals surface area contributed by atoms with E-state index < -0.39 is 5.97 Å². The smallest absolute Gasteiger partial charge is 0.327 e. The summed E-state index contributed by atoms with van der Waals surface area (Å²) in [6.45, 7) is 2.15. The Labute approximate surface area is 148 Å². The van der Waals surface area contributed by atoms with Gasteiger partial charge in [0.2, 0.25) is 0 Å². The van der Waals surface area contributed by atoms with Gasteiger partial charge in [-0.3, -0.25) is 0 Å². The van der Waals surface area contributed by atoms with Gasteiger partial charge >= 0.3 is 5.97 Å². The first-order valence-corrected chi connectivity index (χ1v) is 9.26. The summed E-state index contributed by atoms with van der Waals surface area (Å²) >= 11 is 0. The molecule has 1 N–H and O–H groups in total. The highest BCUT2D eigenvalue weighted by molar-refractivity contribution is 5.79. The fourth-order valence-corrected chi connectivity index (χ4v) is 2.12. The number of carbonyl (C=O) groups is 1. The van der Waals surface area contributed by atoms with Gasteiger partial charge in [0.1, 0.15) is 0 Å². The van der Waals surface area contributed by atoms with Crippen molar-refractivity contribution in [1.29, 1.82) is 0 Å². The minimum absolute atomic E-state index is 0.838. The van der Waals surface area contributed by atoms with Crippen molar-refractivity contribution in [3.63, 3.8) is 0 Å². The third-order valence-electron chi connectivity index (χ3n) is 3.44. The number of rotatable bonds is 15. The van der Waals surface area contributed by atoms with E-state index >= 15 is 0 Å². The van der Waals surface area contributed by atoms with E-state index in [9.17, 15) is 4.79 Å². The monoisotopic (exact) mass is 330 g/mol. The predicted octanol–water partition coefficient (Wildman–Crippen LogP) is 6.77. The number of allylic oxidation sites excluding steroid dienone is 9. The second kappa shape index (κ2) is 19.2. The third-order valence-corrected chi connectivity index (χ3v) is 3.44. The van der Waals surface area contributed by atoms with Gasteiger partial charge in [0.25, 0.3) is 0 Å². The van der Waals surface area contributed by atoms with Crippen molar-refractivity contribution in [2.45, 2.75) is 71.1 Å². The van der Waals surface area contributed by atoms with Gasteiger partial charge in [-0.15, -0.1) is 0 Å². The molecule has 0 bridgehead atoms. The molecule has 0 aromatic rings. The standard InChI is InChI=1S/C22H34O2/c1-2-3-4-5-6-7-8-9-10-11-12-13-14-15-16-17-18-19-20-21-22(23)24/h3-4,6-7,9-10,15-16,20-21H,2,5,8,11-14,17-19H2,1H3,(H,23,24). The van der Waals surface area contributed by atoms with Crippen molar-refractivity contribution in [1.82, 2.24) is 0 Å². The molecule has 0 aromatic heterocycles. The second-order valence-corrected chi connectivity index (χ2v) is 5.72. The van der Waals surface area contributed by atoms with Crippen molar-refractivity contribution in [3.8, 4) is 0 Å². The Kier molecular flexibility index (Phi) is 17.8. The molecule has 0 radical (unpaired) electrons. The fourth-order valence-electron chi connectivity index (χ4n) is 2.12. The Morgan fingerprint density at radius 1 is 0.667 bits per heavy atom. The number of carboxylic acid groups (broad SMARTS) is 1. The zero-order chi connectivity index (χ0) is 17.7. The van der Waals surface area contributed by atoms with Crippen LogP contribution < -0.4 is 0 Å². The summed E-state index contributed by atoms with van der Waals surface area (Å²) in [7, 11) is 0.